The molecule has 0 aromatic heterocycles. The first-order valence-corrected chi connectivity index (χ1v) is 13.2. The quantitative estimate of drug-likeness (QED) is 0.143. The van der Waals surface area contributed by atoms with Gasteiger partial charge in [0.05, 0.1) is 17.6 Å². The van der Waals surface area contributed by atoms with E-state index in [2.05, 4.69) is 5.32 Å². The molecule has 0 heterocycles. The number of hydrogen-bond acceptors (Lipinski definition) is 8. The number of alkyl halides is 3. The summed E-state index contributed by atoms with van der Waals surface area (Å²) in [6.07, 6.45) is -4.35. The second-order valence-electron chi connectivity index (χ2n) is 9.64. The highest BCUT2D eigenvalue weighted by Gasteiger charge is 2.30. The van der Waals surface area contributed by atoms with Crippen LogP contribution in [0.25, 0.3) is 0 Å². The average Bonchev–Trinajstić information content (AvgIpc) is 2.93. The first kappa shape index (κ1) is 33.9. The maximum absolute atomic E-state index is 13.2. The average molecular weight is 579 g/mol. The third-order valence-corrected chi connectivity index (χ3v) is 6.52. The molecule has 0 bridgehead atoms. The number of benzene rings is 2. The van der Waals surface area contributed by atoms with Gasteiger partial charge >= 0.3 is 13.3 Å². The van der Waals surface area contributed by atoms with Crippen molar-refractivity contribution in [1.82, 2.24) is 10.2 Å². The molecule has 41 heavy (non-hydrogen) atoms. The van der Waals surface area contributed by atoms with Gasteiger partial charge in [-0.3, -0.25) is 14.4 Å². The van der Waals surface area contributed by atoms with E-state index in [9.17, 15) is 37.6 Å². The summed E-state index contributed by atoms with van der Waals surface area (Å²) in [5, 5.41) is 21.1. The number of carbonyl (C=O) groups is 3. The van der Waals surface area contributed by atoms with Crippen LogP contribution in [0.2, 0.25) is 0 Å². The van der Waals surface area contributed by atoms with Gasteiger partial charge in [-0.1, -0.05) is 36.4 Å². The van der Waals surface area contributed by atoms with E-state index < -0.39 is 36.8 Å². The van der Waals surface area contributed by atoms with Crippen LogP contribution in [0.4, 0.5) is 13.2 Å². The molecule has 0 saturated heterocycles. The number of carbonyl (C=O) groups excluding carboxylic acids is 3. The molecule has 14 heteroatoms. The fourth-order valence-corrected chi connectivity index (χ4v) is 4.13. The largest absolute Gasteiger partial charge is 0.488 e. The molecule has 0 aliphatic rings. The molecular weight excluding hydrogens is 542 g/mol. The summed E-state index contributed by atoms with van der Waals surface area (Å²) in [4.78, 5) is 40.0. The number of halogens is 3. The van der Waals surface area contributed by atoms with Crippen molar-refractivity contribution >= 4 is 30.2 Å². The zero-order valence-electron chi connectivity index (χ0n) is 22.6. The van der Waals surface area contributed by atoms with Crippen LogP contribution in [0.1, 0.15) is 36.0 Å². The Morgan fingerprint density at radius 2 is 1.46 bits per heavy atom. The van der Waals surface area contributed by atoms with Gasteiger partial charge in [-0.25, -0.2) is 0 Å². The Hall–Kier alpha value is -3.30. The van der Waals surface area contributed by atoms with Crippen LogP contribution in [0.15, 0.2) is 48.5 Å². The molecule has 2 rings (SSSR count). The van der Waals surface area contributed by atoms with Gasteiger partial charge in [-0.05, 0) is 48.0 Å². The molecule has 10 nitrogen and oxygen atoms in total. The minimum atomic E-state index is -4.52. The second kappa shape index (κ2) is 16.2. The summed E-state index contributed by atoms with van der Waals surface area (Å²) in [6.45, 7) is 1.12. The lowest BCUT2D eigenvalue weighted by Crippen LogP contribution is -2.49. The topological polar surface area (TPSA) is 185 Å². The fraction of sp³-hybridized carbons (Fsp3) is 0.444. The Morgan fingerprint density at radius 1 is 0.902 bits per heavy atom. The van der Waals surface area contributed by atoms with Gasteiger partial charge in [-0.15, -0.1) is 0 Å². The summed E-state index contributed by atoms with van der Waals surface area (Å²) in [6, 6.07) is 8.40. The normalized spacial score (nSPS) is 12.9. The Bertz CT molecular complexity index is 1130. The lowest BCUT2D eigenvalue weighted by Gasteiger charge is -2.23. The molecule has 0 unspecified atom stereocenters. The van der Waals surface area contributed by atoms with Crippen molar-refractivity contribution in [1.29, 1.82) is 0 Å². The maximum Gasteiger partial charge on any atom is 0.488 e. The third-order valence-electron chi connectivity index (χ3n) is 6.52. The van der Waals surface area contributed by atoms with Gasteiger partial charge in [0.15, 0.2) is 5.78 Å². The summed E-state index contributed by atoms with van der Waals surface area (Å²) in [5.74, 6) is -1.31. The minimum absolute atomic E-state index is 0.000552. The lowest BCUT2D eigenvalue weighted by atomic mass is 9.80. The molecule has 9 N–H and O–H groups in total. The predicted octanol–water partition coefficient (Wildman–Crippen LogP) is -0.532. The Kier molecular flexibility index (Phi) is 13.4. The van der Waals surface area contributed by atoms with Crippen LogP contribution < -0.4 is 28.0 Å². The number of ketones is 1. The zero-order chi connectivity index (χ0) is 30.6. The molecule has 0 aliphatic carbocycles. The van der Waals surface area contributed by atoms with E-state index in [0.29, 0.717) is 18.7 Å². The van der Waals surface area contributed by atoms with Gasteiger partial charge in [0, 0.05) is 39.0 Å². The minimum Gasteiger partial charge on any atom is -0.423 e. The maximum atomic E-state index is 13.2. The van der Waals surface area contributed by atoms with Crippen LogP contribution in [0.3, 0.4) is 0 Å². The van der Waals surface area contributed by atoms with Gasteiger partial charge in [0.1, 0.15) is 0 Å². The highest BCUT2D eigenvalue weighted by molar-refractivity contribution is 6.58. The van der Waals surface area contributed by atoms with Crippen LogP contribution in [-0.4, -0.2) is 77.9 Å². The fourth-order valence-electron chi connectivity index (χ4n) is 4.13. The smallest absolute Gasteiger partial charge is 0.423 e. The molecular formula is C27H37BF3N5O5. The molecule has 2 amide bonds. The van der Waals surface area contributed by atoms with Crippen molar-refractivity contribution in [2.75, 3.05) is 26.2 Å². The van der Waals surface area contributed by atoms with E-state index in [1.54, 1.807) is 12.1 Å². The predicted molar refractivity (Wildman–Crippen MR) is 149 cm³/mol. The summed E-state index contributed by atoms with van der Waals surface area (Å²) >= 11 is 0. The molecule has 0 spiro atoms. The molecule has 2 aromatic rings. The van der Waals surface area contributed by atoms with Crippen molar-refractivity contribution in [2.45, 2.75) is 50.4 Å². The van der Waals surface area contributed by atoms with Gasteiger partial charge in [0.25, 0.3) is 0 Å². The van der Waals surface area contributed by atoms with Crippen LogP contribution in [0.5, 0.6) is 0 Å². The molecule has 2 aromatic carbocycles. The Morgan fingerprint density at radius 3 is 1.98 bits per heavy atom. The zero-order valence-corrected chi connectivity index (χ0v) is 22.6. The second-order valence-corrected chi connectivity index (χ2v) is 9.64. The van der Waals surface area contributed by atoms with Crippen molar-refractivity contribution in [3.8, 4) is 0 Å². The van der Waals surface area contributed by atoms with Gasteiger partial charge < -0.3 is 37.5 Å². The monoisotopic (exact) mass is 579 g/mol. The van der Waals surface area contributed by atoms with Crippen molar-refractivity contribution in [2.24, 2.45) is 17.2 Å². The van der Waals surface area contributed by atoms with E-state index in [4.69, 9.17) is 17.2 Å². The molecule has 2 atom stereocenters. The number of rotatable bonds is 16. The van der Waals surface area contributed by atoms with Crippen LogP contribution in [-0.2, 0) is 33.4 Å². The van der Waals surface area contributed by atoms with E-state index in [0.717, 1.165) is 17.7 Å². The number of nitrogens with zero attached hydrogens (tertiary/aromatic N) is 1. The third kappa shape index (κ3) is 11.2. The molecule has 0 saturated carbocycles. The molecule has 0 radical (unpaired) electrons. The Labute approximate surface area is 237 Å². The molecule has 224 valence electrons. The highest BCUT2D eigenvalue weighted by Crippen LogP contribution is 2.29. The van der Waals surface area contributed by atoms with Crippen LogP contribution in [0, 0.1) is 0 Å². The first-order chi connectivity index (χ1) is 19.3. The SMILES string of the molecule is NCCN(CCN)C(=O)CC[C@H](N)C(=O)N[C@H](Cc1ccc(C(F)(F)F)cc1)C(=O)CCc1ccc(B(O)O)cc1. The van der Waals surface area contributed by atoms with E-state index in [1.807, 2.05) is 0 Å². The number of Topliss-reactive ketones (excluding diaryl/α,β-unsaturated/α-hetero) is 1. The molecule has 0 fully saturated rings. The van der Waals surface area contributed by atoms with Crippen molar-refractivity contribution in [3.63, 3.8) is 0 Å². The highest BCUT2D eigenvalue weighted by atomic mass is 19.4. The van der Waals surface area contributed by atoms with Crippen LogP contribution >= 0.6 is 0 Å². The van der Waals surface area contributed by atoms with E-state index in [-0.39, 0.29) is 62.3 Å². The van der Waals surface area contributed by atoms with E-state index >= 15 is 0 Å². The Balaban J connectivity index is 2.10. The molecule has 0 aliphatic heterocycles. The number of amides is 2. The number of nitrogens with one attached hydrogen (secondary N) is 1. The summed E-state index contributed by atoms with van der Waals surface area (Å²) < 4.78 is 38.9. The summed E-state index contributed by atoms with van der Waals surface area (Å²) in [7, 11) is -1.63. The van der Waals surface area contributed by atoms with Crippen molar-refractivity contribution < 1.29 is 37.6 Å². The van der Waals surface area contributed by atoms with Gasteiger partial charge in [0.2, 0.25) is 11.8 Å². The van der Waals surface area contributed by atoms with E-state index in [1.165, 1.54) is 29.2 Å². The lowest BCUT2D eigenvalue weighted by molar-refractivity contribution is -0.137. The standard InChI is InChI=1S/C27H37BF3N5O5/c29-27(30,31)20-6-1-19(2-7-20)17-23(24(37)11-5-18-3-8-21(9-4-18)28(40)41)35-26(39)22(34)10-12-25(38)36(15-13-32)16-14-33/h1-4,6-9,22-23,40-41H,5,10-17,32-34H2,(H,35,39)/t22-,23+/m0/s1. The number of nitrogens with two attached hydrogens (primary N) is 3. The number of aryl methyl sites for hydroxylation is 1. The van der Waals surface area contributed by atoms with Crippen molar-refractivity contribution in [3.05, 3.63) is 65.2 Å². The summed E-state index contributed by atoms with van der Waals surface area (Å²) in [5.41, 5.74) is 17.7. The number of hydrogen-bond donors (Lipinski definition) is 6. The van der Waals surface area contributed by atoms with Gasteiger partial charge in [-0.2, -0.15) is 13.2 Å². The first-order valence-electron chi connectivity index (χ1n) is 13.2.